The Morgan fingerprint density at radius 3 is 2.58 bits per heavy atom. The van der Waals surface area contributed by atoms with E-state index in [9.17, 15) is 9.59 Å². The summed E-state index contributed by atoms with van der Waals surface area (Å²) in [6, 6.07) is 12.5. The standard InChI is InChI=1S/C20H23NO5/c1-13-7-5-10-18(14(13)2)25-12-19(22)26-15(3)20(23)21-16-8-6-9-17(11-16)24-4/h5-11,15H,12H2,1-4H3,(H,21,23)/t15-/m1/s1. The summed E-state index contributed by atoms with van der Waals surface area (Å²) in [7, 11) is 1.54. The number of rotatable bonds is 7. The molecule has 0 bridgehead atoms. The first kappa shape index (κ1) is 19.3. The molecule has 2 aromatic rings. The Labute approximate surface area is 153 Å². The van der Waals surface area contributed by atoms with Crippen molar-refractivity contribution >= 4 is 17.6 Å². The summed E-state index contributed by atoms with van der Waals surface area (Å²) in [5.74, 6) is 0.197. The molecule has 26 heavy (non-hydrogen) atoms. The van der Waals surface area contributed by atoms with E-state index in [4.69, 9.17) is 14.2 Å². The van der Waals surface area contributed by atoms with E-state index in [0.717, 1.165) is 11.1 Å². The third kappa shape index (κ3) is 5.24. The van der Waals surface area contributed by atoms with E-state index < -0.39 is 18.0 Å². The van der Waals surface area contributed by atoms with E-state index in [1.165, 1.54) is 6.92 Å². The minimum absolute atomic E-state index is 0.263. The fraction of sp³-hybridized carbons (Fsp3) is 0.300. The number of esters is 1. The van der Waals surface area contributed by atoms with E-state index in [-0.39, 0.29) is 6.61 Å². The second-order valence-electron chi connectivity index (χ2n) is 5.84. The zero-order chi connectivity index (χ0) is 19.1. The first-order chi connectivity index (χ1) is 12.4. The molecular weight excluding hydrogens is 334 g/mol. The van der Waals surface area contributed by atoms with Crippen LogP contribution in [0.3, 0.4) is 0 Å². The van der Waals surface area contributed by atoms with Crippen LogP contribution >= 0.6 is 0 Å². The van der Waals surface area contributed by atoms with Gasteiger partial charge in [-0.25, -0.2) is 4.79 Å². The van der Waals surface area contributed by atoms with Crippen LogP contribution in [0.1, 0.15) is 18.1 Å². The molecule has 0 fully saturated rings. The lowest BCUT2D eigenvalue weighted by molar-refractivity contribution is -0.155. The summed E-state index contributed by atoms with van der Waals surface area (Å²) >= 11 is 0. The lowest BCUT2D eigenvalue weighted by Gasteiger charge is -2.15. The highest BCUT2D eigenvalue weighted by atomic mass is 16.6. The third-order valence-corrected chi connectivity index (χ3v) is 3.92. The Morgan fingerprint density at radius 2 is 1.85 bits per heavy atom. The van der Waals surface area contributed by atoms with Crippen LogP contribution in [-0.2, 0) is 14.3 Å². The Hall–Kier alpha value is -3.02. The maximum absolute atomic E-state index is 12.2. The van der Waals surface area contributed by atoms with Crippen molar-refractivity contribution in [2.75, 3.05) is 19.0 Å². The van der Waals surface area contributed by atoms with Gasteiger partial charge in [0, 0.05) is 11.8 Å². The maximum atomic E-state index is 12.2. The predicted molar refractivity (Wildman–Crippen MR) is 98.6 cm³/mol. The van der Waals surface area contributed by atoms with Gasteiger partial charge < -0.3 is 19.5 Å². The zero-order valence-corrected chi connectivity index (χ0v) is 15.4. The molecule has 138 valence electrons. The summed E-state index contributed by atoms with van der Waals surface area (Å²) in [6.07, 6.45) is -0.948. The molecule has 0 heterocycles. The minimum atomic E-state index is -0.948. The molecule has 0 aliphatic rings. The number of anilines is 1. The zero-order valence-electron chi connectivity index (χ0n) is 15.4. The van der Waals surface area contributed by atoms with Gasteiger partial charge in [-0.05, 0) is 50.1 Å². The van der Waals surface area contributed by atoms with Gasteiger partial charge in [-0.2, -0.15) is 0 Å². The summed E-state index contributed by atoms with van der Waals surface area (Å²) in [5, 5.41) is 2.68. The van der Waals surface area contributed by atoms with Crippen molar-refractivity contribution in [3.8, 4) is 11.5 Å². The number of benzene rings is 2. The van der Waals surface area contributed by atoms with E-state index in [1.807, 2.05) is 26.0 Å². The molecular formula is C20H23NO5. The number of nitrogens with one attached hydrogen (secondary N) is 1. The van der Waals surface area contributed by atoms with E-state index >= 15 is 0 Å². The largest absolute Gasteiger partial charge is 0.497 e. The average Bonchev–Trinajstić information content (AvgIpc) is 2.63. The Balaban J connectivity index is 1.85. The Morgan fingerprint density at radius 1 is 1.12 bits per heavy atom. The van der Waals surface area contributed by atoms with Crippen LogP contribution in [0.2, 0.25) is 0 Å². The van der Waals surface area contributed by atoms with Crippen LogP contribution in [0, 0.1) is 13.8 Å². The smallest absolute Gasteiger partial charge is 0.344 e. The van der Waals surface area contributed by atoms with Crippen molar-refractivity contribution in [2.45, 2.75) is 26.9 Å². The molecule has 2 rings (SSSR count). The van der Waals surface area contributed by atoms with Crippen LogP contribution in [0.5, 0.6) is 11.5 Å². The van der Waals surface area contributed by atoms with Crippen molar-refractivity contribution in [2.24, 2.45) is 0 Å². The number of carbonyl (C=O) groups is 2. The number of aryl methyl sites for hydroxylation is 1. The molecule has 1 N–H and O–H groups in total. The molecule has 1 atom stereocenters. The van der Waals surface area contributed by atoms with Gasteiger partial charge in [0.2, 0.25) is 0 Å². The molecule has 0 aliphatic carbocycles. The van der Waals surface area contributed by atoms with Gasteiger partial charge in [0.1, 0.15) is 11.5 Å². The van der Waals surface area contributed by atoms with Gasteiger partial charge in [-0.3, -0.25) is 4.79 Å². The topological polar surface area (TPSA) is 73.9 Å². The molecule has 0 radical (unpaired) electrons. The van der Waals surface area contributed by atoms with Crippen molar-refractivity contribution in [1.29, 1.82) is 0 Å². The van der Waals surface area contributed by atoms with Crippen LogP contribution in [0.4, 0.5) is 5.69 Å². The van der Waals surface area contributed by atoms with Crippen molar-refractivity contribution < 1.29 is 23.8 Å². The SMILES string of the molecule is COc1cccc(NC(=O)[C@@H](C)OC(=O)COc2cccc(C)c2C)c1. The summed E-state index contributed by atoms with van der Waals surface area (Å²) in [4.78, 5) is 24.1. The molecule has 0 saturated heterocycles. The second-order valence-corrected chi connectivity index (χ2v) is 5.84. The number of hydrogen-bond acceptors (Lipinski definition) is 5. The Kier molecular flexibility index (Phi) is 6.60. The number of carbonyl (C=O) groups excluding carboxylic acids is 2. The van der Waals surface area contributed by atoms with Crippen LogP contribution in [0.15, 0.2) is 42.5 Å². The van der Waals surface area contributed by atoms with Gasteiger partial charge in [-0.15, -0.1) is 0 Å². The van der Waals surface area contributed by atoms with E-state index in [0.29, 0.717) is 17.2 Å². The molecule has 0 spiro atoms. The van der Waals surface area contributed by atoms with Gasteiger partial charge >= 0.3 is 5.97 Å². The van der Waals surface area contributed by atoms with E-state index in [2.05, 4.69) is 5.32 Å². The fourth-order valence-corrected chi connectivity index (χ4v) is 2.25. The summed E-state index contributed by atoms with van der Waals surface area (Å²) < 4.78 is 15.7. The Bertz CT molecular complexity index is 788. The molecule has 0 aromatic heterocycles. The number of methoxy groups -OCH3 is 1. The molecule has 1 amide bonds. The minimum Gasteiger partial charge on any atom is -0.497 e. The number of amides is 1. The fourth-order valence-electron chi connectivity index (χ4n) is 2.25. The van der Waals surface area contributed by atoms with Crippen molar-refractivity contribution in [3.05, 3.63) is 53.6 Å². The quantitative estimate of drug-likeness (QED) is 0.770. The molecule has 0 saturated carbocycles. The molecule has 6 nitrogen and oxygen atoms in total. The average molecular weight is 357 g/mol. The summed E-state index contributed by atoms with van der Waals surface area (Å²) in [6.45, 7) is 5.12. The summed E-state index contributed by atoms with van der Waals surface area (Å²) in [5.41, 5.74) is 2.59. The maximum Gasteiger partial charge on any atom is 0.344 e. The van der Waals surface area contributed by atoms with Crippen LogP contribution < -0.4 is 14.8 Å². The number of hydrogen-bond donors (Lipinski definition) is 1. The van der Waals surface area contributed by atoms with E-state index in [1.54, 1.807) is 37.4 Å². The molecule has 6 heteroatoms. The highest BCUT2D eigenvalue weighted by Gasteiger charge is 2.18. The second kappa shape index (κ2) is 8.89. The monoisotopic (exact) mass is 357 g/mol. The first-order valence-electron chi connectivity index (χ1n) is 8.24. The van der Waals surface area contributed by atoms with Gasteiger partial charge in [0.05, 0.1) is 7.11 Å². The highest BCUT2D eigenvalue weighted by molar-refractivity contribution is 5.95. The first-order valence-corrected chi connectivity index (χ1v) is 8.24. The highest BCUT2D eigenvalue weighted by Crippen LogP contribution is 2.20. The van der Waals surface area contributed by atoms with Crippen LogP contribution in [0.25, 0.3) is 0 Å². The number of ether oxygens (including phenoxy) is 3. The van der Waals surface area contributed by atoms with Gasteiger partial charge in [0.15, 0.2) is 12.7 Å². The lowest BCUT2D eigenvalue weighted by atomic mass is 10.1. The normalized spacial score (nSPS) is 11.4. The third-order valence-electron chi connectivity index (χ3n) is 3.92. The van der Waals surface area contributed by atoms with Crippen molar-refractivity contribution in [1.82, 2.24) is 0 Å². The predicted octanol–water partition coefficient (Wildman–Crippen LogP) is 3.26. The molecule has 2 aromatic carbocycles. The molecule has 0 aliphatic heterocycles. The lowest BCUT2D eigenvalue weighted by Crippen LogP contribution is -2.31. The van der Waals surface area contributed by atoms with Gasteiger partial charge in [0.25, 0.3) is 5.91 Å². The van der Waals surface area contributed by atoms with Gasteiger partial charge in [-0.1, -0.05) is 18.2 Å². The van der Waals surface area contributed by atoms with Crippen LogP contribution in [-0.4, -0.2) is 31.7 Å². The molecule has 0 unspecified atom stereocenters. The van der Waals surface area contributed by atoms with Crippen molar-refractivity contribution in [3.63, 3.8) is 0 Å².